The summed E-state index contributed by atoms with van der Waals surface area (Å²) in [6.07, 6.45) is 9.14. The zero-order valence-corrected chi connectivity index (χ0v) is 15.7. The van der Waals surface area contributed by atoms with Crippen LogP contribution in [0.2, 0.25) is 0 Å². The lowest BCUT2D eigenvalue weighted by molar-refractivity contribution is 0.231. The molecule has 0 aliphatic heterocycles. The third-order valence-electron chi connectivity index (χ3n) is 4.56. The van der Waals surface area contributed by atoms with Crippen molar-refractivity contribution < 1.29 is 4.79 Å². The van der Waals surface area contributed by atoms with Crippen LogP contribution in [-0.2, 0) is 0 Å². The molecule has 2 amide bonds. The van der Waals surface area contributed by atoms with Crippen LogP contribution in [0, 0.1) is 0 Å². The van der Waals surface area contributed by atoms with Gasteiger partial charge in [0, 0.05) is 38.9 Å². The minimum atomic E-state index is -0.0328. The molecule has 1 fully saturated rings. The highest BCUT2D eigenvalue weighted by molar-refractivity contribution is 5.74. The Labute approximate surface area is 151 Å². The first-order valence-electron chi connectivity index (χ1n) is 9.39. The van der Waals surface area contributed by atoms with Crippen molar-refractivity contribution >= 4 is 17.8 Å². The summed E-state index contributed by atoms with van der Waals surface area (Å²) < 4.78 is 0. The van der Waals surface area contributed by atoms with Gasteiger partial charge in [-0.2, -0.15) is 4.98 Å². The number of anilines is 2. The third-order valence-corrected chi connectivity index (χ3v) is 4.56. The van der Waals surface area contributed by atoms with Gasteiger partial charge in [0.2, 0.25) is 5.95 Å². The molecule has 25 heavy (non-hydrogen) atoms. The molecule has 7 heteroatoms. The minimum absolute atomic E-state index is 0.0328. The maximum atomic E-state index is 11.9. The number of hydrogen-bond acceptors (Lipinski definition) is 5. The van der Waals surface area contributed by atoms with Crippen molar-refractivity contribution in [3.05, 3.63) is 12.3 Å². The summed E-state index contributed by atoms with van der Waals surface area (Å²) in [5.74, 6) is 1.57. The van der Waals surface area contributed by atoms with Crippen LogP contribution in [0.25, 0.3) is 0 Å². The molecule has 7 nitrogen and oxygen atoms in total. The fourth-order valence-corrected chi connectivity index (χ4v) is 3.05. The highest BCUT2D eigenvalue weighted by Gasteiger charge is 2.22. The van der Waals surface area contributed by atoms with E-state index in [-0.39, 0.29) is 12.1 Å². The number of urea groups is 1. The first kappa shape index (κ1) is 19.3. The van der Waals surface area contributed by atoms with Gasteiger partial charge in [-0.25, -0.2) is 9.78 Å². The average molecular weight is 348 g/mol. The van der Waals surface area contributed by atoms with E-state index >= 15 is 0 Å². The number of rotatable bonds is 8. The predicted molar refractivity (Wildman–Crippen MR) is 102 cm³/mol. The topological polar surface area (TPSA) is 82.2 Å². The Bertz CT molecular complexity index is 528. The highest BCUT2D eigenvalue weighted by atomic mass is 16.2. The summed E-state index contributed by atoms with van der Waals surface area (Å²) in [5.41, 5.74) is 0. The zero-order chi connectivity index (χ0) is 18.1. The van der Waals surface area contributed by atoms with Gasteiger partial charge in [0.1, 0.15) is 5.82 Å². The molecule has 2 rings (SSSR count). The molecule has 140 valence electrons. The maximum Gasteiger partial charge on any atom is 0.315 e. The average Bonchev–Trinajstić information content (AvgIpc) is 2.61. The molecule has 0 bridgehead atoms. The lowest BCUT2D eigenvalue weighted by Gasteiger charge is -2.29. The zero-order valence-electron chi connectivity index (χ0n) is 15.7. The second-order valence-corrected chi connectivity index (χ2v) is 6.93. The van der Waals surface area contributed by atoms with Crippen LogP contribution in [-0.4, -0.2) is 48.7 Å². The van der Waals surface area contributed by atoms with Gasteiger partial charge in [0.15, 0.2) is 0 Å². The van der Waals surface area contributed by atoms with Gasteiger partial charge < -0.3 is 20.9 Å². The molecule has 1 aromatic rings. The first-order chi connectivity index (χ1) is 12.1. The monoisotopic (exact) mass is 348 g/mol. The van der Waals surface area contributed by atoms with Gasteiger partial charge in [0.25, 0.3) is 0 Å². The molecule has 1 aliphatic rings. The molecule has 0 unspecified atom stereocenters. The molecule has 0 radical (unpaired) electrons. The standard InChI is InChI=1S/C18H32N6O/c1-4-5-6-12-20-18(25)22-15-9-7-14(8-10-15)21-17-19-13-11-16(23-17)24(2)3/h11,13-15H,4-10,12H2,1-3H3,(H,19,21,23)(H2,20,22,25)/t14-,15+. The van der Waals surface area contributed by atoms with Gasteiger partial charge in [-0.15, -0.1) is 0 Å². The van der Waals surface area contributed by atoms with Gasteiger partial charge >= 0.3 is 6.03 Å². The number of nitrogens with one attached hydrogen (secondary N) is 3. The van der Waals surface area contributed by atoms with E-state index in [1.54, 1.807) is 6.20 Å². The normalized spacial score (nSPS) is 20.0. The van der Waals surface area contributed by atoms with E-state index in [9.17, 15) is 4.79 Å². The summed E-state index contributed by atoms with van der Waals surface area (Å²) in [6, 6.07) is 2.49. The van der Waals surface area contributed by atoms with Crippen LogP contribution < -0.4 is 20.9 Å². The van der Waals surface area contributed by atoms with Gasteiger partial charge in [0.05, 0.1) is 0 Å². The van der Waals surface area contributed by atoms with Crippen LogP contribution in [0.15, 0.2) is 12.3 Å². The van der Waals surface area contributed by atoms with E-state index in [2.05, 4.69) is 32.8 Å². The van der Waals surface area contributed by atoms with E-state index < -0.39 is 0 Å². The van der Waals surface area contributed by atoms with Crippen molar-refractivity contribution in [2.45, 2.75) is 64.0 Å². The largest absolute Gasteiger partial charge is 0.363 e. The summed E-state index contributed by atoms with van der Waals surface area (Å²) in [5, 5.41) is 9.45. The second-order valence-electron chi connectivity index (χ2n) is 6.93. The Morgan fingerprint density at radius 2 is 1.92 bits per heavy atom. The number of aromatic nitrogens is 2. The predicted octanol–water partition coefficient (Wildman–Crippen LogP) is 2.76. The van der Waals surface area contributed by atoms with Crippen molar-refractivity contribution in [1.29, 1.82) is 0 Å². The van der Waals surface area contributed by atoms with Crippen LogP contribution in [0.4, 0.5) is 16.6 Å². The molecule has 0 aromatic carbocycles. The fourth-order valence-electron chi connectivity index (χ4n) is 3.05. The van der Waals surface area contributed by atoms with Crippen molar-refractivity contribution in [1.82, 2.24) is 20.6 Å². The molecule has 0 spiro atoms. The maximum absolute atomic E-state index is 11.9. The first-order valence-corrected chi connectivity index (χ1v) is 9.39. The summed E-state index contributed by atoms with van der Waals surface area (Å²) in [7, 11) is 3.94. The number of nitrogens with zero attached hydrogens (tertiary/aromatic N) is 3. The minimum Gasteiger partial charge on any atom is -0.363 e. The molecular weight excluding hydrogens is 316 g/mol. The van der Waals surface area contributed by atoms with E-state index in [0.29, 0.717) is 12.0 Å². The SMILES string of the molecule is CCCCCNC(=O)N[C@H]1CC[C@@H](Nc2nccc(N(C)C)n2)CC1. The molecule has 1 heterocycles. The van der Waals surface area contributed by atoms with Crippen molar-refractivity contribution in [2.24, 2.45) is 0 Å². The van der Waals surface area contributed by atoms with Crippen LogP contribution in [0.3, 0.4) is 0 Å². The van der Waals surface area contributed by atoms with Gasteiger partial charge in [-0.3, -0.25) is 0 Å². The smallest absolute Gasteiger partial charge is 0.315 e. The second kappa shape index (κ2) is 10.1. The van der Waals surface area contributed by atoms with Crippen LogP contribution in [0.5, 0.6) is 0 Å². The van der Waals surface area contributed by atoms with Crippen LogP contribution in [0.1, 0.15) is 51.9 Å². The van der Waals surface area contributed by atoms with Gasteiger partial charge in [-0.1, -0.05) is 19.8 Å². The van der Waals surface area contributed by atoms with Crippen molar-refractivity contribution in [2.75, 3.05) is 30.9 Å². The lowest BCUT2D eigenvalue weighted by atomic mass is 9.91. The van der Waals surface area contributed by atoms with E-state index in [1.165, 1.54) is 6.42 Å². The Morgan fingerprint density at radius 1 is 1.20 bits per heavy atom. The summed E-state index contributed by atoms with van der Waals surface area (Å²) in [4.78, 5) is 22.7. The summed E-state index contributed by atoms with van der Waals surface area (Å²) >= 11 is 0. The van der Waals surface area contributed by atoms with Crippen LogP contribution >= 0.6 is 0 Å². The summed E-state index contributed by atoms with van der Waals surface area (Å²) in [6.45, 7) is 2.92. The fraction of sp³-hybridized carbons (Fsp3) is 0.722. The molecule has 0 atom stereocenters. The van der Waals surface area contributed by atoms with E-state index in [0.717, 1.165) is 50.9 Å². The molecule has 1 aromatic heterocycles. The number of carbonyl (C=O) groups excluding carboxylic acids is 1. The third kappa shape index (κ3) is 6.76. The number of amides is 2. The Hall–Kier alpha value is -2.05. The molecular formula is C18H32N6O. The Kier molecular flexibility index (Phi) is 7.76. The quantitative estimate of drug-likeness (QED) is 0.629. The molecule has 1 aliphatic carbocycles. The number of hydrogen-bond donors (Lipinski definition) is 3. The molecule has 3 N–H and O–H groups in total. The Balaban J connectivity index is 1.69. The Morgan fingerprint density at radius 3 is 2.60 bits per heavy atom. The highest BCUT2D eigenvalue weighted by Crippen LogP contribution is 2.21. The van der Waals surface area contributed by atoms with E-state index in [1.807, 2.05) is 25.1 Å². The van der Waals surface area contributed by atoms with Crippen molar-refractivity contribution in [3.8, 4) is 0 Å². The molecule has 1 saturated carbocycles. The van der Waals surface area contributed by atoms with Gasteiger partial charge in [-0.05, 0) is 38.2 Å². The van der Waals surface area contributed by atoms with Crippen molar-refractivity contribution in [3.63, 3.8) is 0 Å². The molecule has 0 saturated heterocycles. The lowest BCUT2D eigenvalue weighted by Crippen LogP contribution is -2.45. The number of carbonyl (C=O) groups is 1. The van der Waals surface area contributed by atoms with E-state index in [4.69, 9.17) is 0 Å². The number of unbranched alkanes of at least 4 members (excludes halogenated alkanes) is 2.